The summed E-state index contributed by atoms with van der Waals surface area (Å²) >= 11 is 0. The van der Waals surface area contributed by atoms with Gasteiger partial charge < -0.3 is 25.8 Å². The van der Waals surface area contributed by atoms with E-state index in [2.05, 4.69) is 15.6 Å². The van der Waals surface area contributed by atoms with Gasteiger partial charge in [0.2, 0.25) is 11.8 Å². The summed E-state index contributed by atoms with van der Waals surface area (Å²) in [5.74, 6) is 0.575. The van der Waals surface area contributed by atoms with Gasteiger partial charge in [-0.2, -0.15) is 0 Å². The molecule has 3 rings (SSSR count). The van der Waals surface area contributed by atoms with Crippen molar-refractivity contribution in [1.29, 1.82) is 5.41 Å². The normalized spacial score (nSPS) is 11.3. The summed E-state index contributed by atoms with van der Waals surface area (Å²) < 4.78 is 10.6. The van der Waals surface area contributed by atoms with Gasteiger partial charge in [-0.3, -0.25) is 10.2 Å². The van der Waals surface area contributed by atoms with Crippen LogP contribution in [-0.2, 0) is 11.3 Å². The van der Waals surface area contributed by atoms with E-state index in [0.29, 0.717) is 35.1 Å². The molecule has 0 aliphatic carbocycles. The van der Waals surface area contributed by atoms with Gasteiger partial charge in [-0.15, -0.1) is 0 Å². The van der Waals surface area contributed by atoms with Crippen molar-refractivity contribution in [2.45, 2.75) is 12.6 Å². The molecule has 160 valence electrons. The monoisotopic (exact) mass is 419 g/mol. The Hall–Kier alpha value is -4.07. The van der Waals surface area contributed by atoms with Crippen LogP contribution in [0.4, 0.5) is 5.69 Å². The van der Waals surface area contributed by atoms with E-state index in [1.54, 1.807) is 36.4 Å². The molecule has 8 heteroatoms. The molecule has 1 unspecified atom stereocenters. The van der Waals surface area contributed by atoms with E-state index in [1.807, 2.05) is 30.3 Å². The summed E-state index contributed by atoms with van der Waals surface area (Å²) in [7, 11) is 3.04. The molecule has 1 heterocycles. The summed E-state index contributed by atoms with van der Waals surface area (Å²) in [6.45, 7) is 0.377. The van der Waals surface area contributed by atoms with E-state index in [9.17, 15) is 4.79 Å². The Morgan fingerprint density at radius 2 is 1.77 bits per heavy atom. The lowest BCUT2D eigenvalue weighted by molar-refractivity contribution is -0.122. The highest BCUT2D eigenvalue weighted by Gasteiger charge is 2.24. The molecule has 0 saturated heterocycles. The first-order valence-electron chi connectivity index (χ1n) is 9.62. The van der Waals surface area contributed by atoms with Crippen LogP contribution in [-0.4, -0.2) is 30.9 Å². The molecule has 0 fully saturated rings. The zero-order valence-corrected chi connectivity index (χ0v) is 17.4. The van der Waals surface area contributed by atoms with Crippen molar-refractivity contribution in [3.8, 4) is 11.6 Å². The van der Waals surface area contributed by atoms with Crippen LogP contribution in [0.1, 0.15) is 22.9 Å². The second-order valence-electron chi connectivity index (χ2n) is 6.75. The molecule has 0 radical (unpaired) electrons. The number of hydrogen-bond acceptors (Lipinski definition) is 6. The lowest BCUT2D eigenvalue weighted by atomic mass is 10.1. The number of carbonyl (C=O) groups excluding carboxylic acids is 1. The lowest BCUT2D eigenvalue weighted by Gasteiger charge is -2.20. The first kappa shape index (κ1) is 21.6. The van der Waals surface area contributed by atoms with Crippen LogP contribution in [0.3, 0.4) is 0 Å². The minimum atomic E-state index is -0.809. The highest BCUT2D eigenvalue weighted by Crippen LogP contribution is 2.26. The summed E-state index contributed by atoms with van der Waals surface area (Å²) in [6, 6.07) is 19.1. The Kier molecular flexibility index (Phi) is 7.05. The number of ether oxygens (including phenoxy) is 2. The quantitative estimate of drug-likeness (QED) is 0.312. The van der Waals surface area contributed by atoms with Gasteiger partial charge in [-0.25, -0.2) is 4.98 Å². The van der Waals surface area contributed by atoms with E-state index in [1.165, 1.54) is 14.2 Å². The fourth-order valence-corrected chi connectivity index (χ4v) is 2.94. The molecular formula is C23H25N5O3. The number of methoxy groups -OCH3 is 2. The predicted octanol–water partition coefficient (Wildman–Crippen LogP) is 2.85. The van der Waals surface area contributed by atoms with Crippen molar-refractivity contribution in [1.82, 2.24) is 10.3 Å². The number of aromatic nitrogens is 1. The largest absolute Gasteiger partial charge is 0.496 e. The van der Waals surface area contributed by atoms with Gasteiger partial charge in [0.1, 0.15) is 17.6 Å². The van der Waals surface area contributed by atoms with E-state index < -0.39 is 6.04 Å². The van der Waals surface area contributed by atoms with Gasteiger partial charge in [-0.05, 0) is 29.8 Å². The Labute approximate surface area is 180 Å². The number of hydrogen-bond donors (Lipinski definition) is 4. The molecular weight excluding hydrogens is 394 g/mol. The molecule has 8 nitrogen and oxygen atoms in total. The standard InChI is InChI=1S/C23H25N5O3/c1-30-18-12-19(28-20(13-18)31-2)21(23(29)26-14-15-6-4-3-5-7-15)27-17-10-8-16(9-11-17)22(24)25/h3-13,21,27H,14H2,1-2H3,(H3,24,25)(H,26,29). The summed E-state index contributed by atoms with van der Waals surface area (Å²) in [4.78, 5) is 17.6. The summed E-state index contributed by atoms with van der Waals surface area (Å²) in [5.41, 5.74) is 8.22. The predicted molar refractivity (Wildman–Crippen MR) is 119 cm³/mol. The highest BCUT2D eigenvalue weighted by atomic mass is 16.5. The van der Waals surface area contributed by atoms with Crippen molar-refractivity contribution < 1.29 is 14.3 Å². The summed E-state index contributed by atoms with van der Waals surface area (Å²) in [6.07, 6.45) is 0. The Balaban J connectivity index is 1.89. The number of nitrogen functional groups attached to an aromatic ring is 1. The maximum Gasteiger partial charge on any atom is 0.249 e. The highest BCUT2D eigenvalue weighted by molar-refractivity contribution is 5.95. The molecule has 0 aliphatic heterocycles. The van der Waals surface area contributed by atoms with Gasteiger partial charge in [0, 0.05) is 29.9 Å². The van der Waals surface area contributed by atoms with Crippen molar-refractivity contribution >= 4 is 17.4 Å². The molecule has 1 atom stereocenters. The minimum absolute atomic E-state index is 0.0251. The maximum absolute atomic E-state index is 13.1. The van der Waals surface area contributed by atoms with Crippen molar-refractivity contribution in [2.24, 2.45) is 5.73 Å². The molecule has 0 aliphatic rings. The van der Waals surface area contributed by atoms with Crippen molar-refractivity contribution in [3.05, 3.63) is 83.6 Å². The summed E-state index contributed by atoms with van der Waals surface area (Å²) in [5, 5.41) is 13.7. The van der Waals surface area contributed by atoms with Crippen LogP contribution in [0.25, 0.3) is 0 Å². The number of rotatable bonds is 9. The number of amides is 1. The lowest BCUT2D eigenvalue weighted by Crippen LogP contribution is -2.33. The number of pyridine rings is 1. The van der Waals surface area contributed by atoms with Gasteiger partial charge in [-0.1, -0.05) is 30.3 Å². The van der Waals surface area contributed by atoms with Crippen LogP contribution in [0.5, 0.6) is 11.6 Å². The van der Waals surface area contributed by atoms with Crippen LogP contribution in [0, 0.1) is 5.41 Å². The smallest absolute Gasteiger partial charge is 0.249 e. The topological polar surface area (TPSA) is 122 Å². The maximum atomic E-state index is 13.1. The second-order valence-corrected chi connectivity index (χ2v) is 6.75. The van der Waals surface area contributed by atoms with Crippen LogP contribution in [0.2, 0.25) is 0 Å². The number of nitrogens with two attached hydrogens (primary N) is 1. The van der Waals surface area contributed by atoms with Crippen LogP contribution >= 0.6 is 0 Å². The Morgan fingerprint density at radius 1 is 1.06 bits per heavy atom. The molecule has 1 aromatic heterocycles. The Morgan fingerprint density at radius 3 is 2.39 bits per heavy atom. The van der Waals surface area contributed by atoms with Gasteiger partial charge in [0.05, 0.1) is 19.9 Å². The number of carbonyl (C=O) groups is 1. The number of nitrogens with one attached hydrogen (secondary N) is 3. The fourth-order valence-electron chi connectivity index (χ4n) is 2.94. The SMILES string of the molecule is COc1cc(OC)nc(C(Nc2ccc(C(=N)N)cc2)C(=O)NCc2ccccc2)c1. The zero-order chi connectivity index (χ0) is 22.2. The molecule has 31 heavy (non-hydrogen) atoms. The third-order valence-electron chi connectivity index (χ3n) is 4.61. The molecule has 2 aromatic carbocycles. The first-order valence-corrected chi connectivity index (χ1v) is 9.62. The van der Waals surface area contributed by atoms with Gasteiger partial charge in [0.15, 0.2) is 0 Å². The van der Waals surface area contributed by atoms with E-state index in [4.69, 9.17) is 20.6 Å². The molecule has 0 spiro atoms. The molecule has 5 N–H and O–H groups in total. The van der Waals surface area contributed by atoms with E-state index in [-0.39, 0.29) is 11.7 Å². The third kappa shape index (κ3) is 5.72. The average Bonchev–Trinajstić information content (AvgIpc) is 2.81. The number of nitrogens with zero attached hydrogens (tertiary/aromatic N) is 1. The van der Waals surface area contributed by atoms with Crippen LogP contribution in [0.15, 0.2) is 66.7 Å². The molecule has 1 amide bonds. The van der Waals surface area contributed by atoms with Gasteiger partial charge in [0.25, 0.3) is 0 Å². The van der Waals surface area contributed by atoms with E-state index >= 15 is 0 Å². The number of amidine groups is 1. The third-order valence-corrected chi connectivity index (χ3v) is 4.61. The minimum Gasteiger partial charge on any atom is -0.496 e. The first-order chi connectivity index (χ1) is 15.0. The average molecular weight is 419 g/mol. The molecule has 0 saturated carbocycles. The van der Waals surface area contributed by atoms with Crippen molar-refractivity contribution in [2.75, 3.05) is 19.5 Å². The zero-order valence-electron chi connectivity index (χ0n) is 17.4. The van der Waals surface area contributed by atoms with E-state index in [0.717, 1.165) is 5.56 Å². The Bertz CT molecular complexity index is 1020. The molecule has 3 aromatic rings. The van der Waals surface area contributed by atoms with Crippen LogP contribution < -0.4 is 25.8 Å². The van der Waals surface area contributed by atoms with Crippen molar-refractivity contribution in [3.63, 3.8) is 0 Å². The molecule has 0 bridgehead atoms. The fraction of sp³-hybridized carbons (Fsp3) is 0.174. The second kappa shape index (κ2) is 10.1. The number of benzene rings is 2. The number of anilines is 1. The van der Waals surface area contributed by atoms with Gasteiger partial charge >= 0.3 is 0 Å².